The molecule has 94 valence electrons. The van der Waals surface area contributed by atoms with Gasteiger partial charge in [0.25, 0.3) is 0 Å². The molecule has 0 bridgehead atoms. The number of Topliss-reactive ketones (excluding diaryl/α,β-unsaturated/α-hetero) is 1. The van der Waals surface area contributed by atoms with Crippen LogP contribution < -0.4 is 0 Å². The molecule has 0 radical (unpaired) electrons. The number of aromatic amines is 1. The molecule has 7 heteroatoms. The summed E-state index contributed by atoms with van der Waals surface area (Å²) >= 11 is 0. The molecule has 3 aromatic rings. The van der Waals surface area contributed by atoms with Crippen LogP contribution in [0, 0.1) is 0 Å². The van der Waals surface area contributed by atoms with Gasteiger partial charge in [-0.25, -0.2) is 0 Å². The second-order valence-corrected chi connectivity index (χ2v) is 3.83. The molecule has 3 rings (SSSR count). The molecule has 0 spiro atoms. The summed E-state index contributed by atoms with van der Waals surface area (Å²) in [6.07, 6.45) is 1.54. The third kappa shape index (κ3) is 2.39. The van der Waals surface area contributed by atoms with Crippen LogP contribution >= 0.6 is 0 Å². The molecule has 0 unspecified atom stereocenters. The fourth-order valence-corrected chi connectivity index (χ4v) is 1.60. The van der Waals surface area contributed by atoms with Gasteiger partial charge in [0.1, 0.15) is 0 Å². The van der Waals surface area contributed by atoms with E-state index in [1.165, 1.54) is 6.20 Å². The maximum atomic E-state index is 11.9. The first kappa shape index (κ1) is 11.3. The Kier molecular flexibility index (Phi) is 2.85. The Morgan fingerprint density at radius 3 is 2.84 bits per heavy atom. The molecule has 2 heterocycles. The third-order valence-corrected chi connectivity index (χ3v) is 2.52. The molecule has 0 saturated heterocycles. The van der Waals surface area contributed by atoms with Crippen molar-refractivity contribution in [1.29, 1.82) is 0 Å². The van der Waals surface area contributed by atoms with E-state index in [1.54, 1.807) is 12.1 Å². The highest BCUT2D eigenvalue weighted by atomic mass is 16.5. The molecule has 0 aliphatic rings. The quantitative estimate of drug-likeness (QED) is 0.705. The van der Waals surface area contributed by atoms with Crippen molar-refractivity contribution in [3.8, 4) is 11.5 Å². The molecule has 7 nitrogen and oxygen atoms in total. The summed E-state index contributed by atoms with van der Waals surface area (Å²) in [5.74, 6) is 0.493. The Balaban J connectivity index is 1.76. The van der Waals surface area contributed by atoms with E-state index in [0.717, 1.165) is 0 Å². The van der Waals surface area contributed by atoms with Gasteiger partial charge in [0.05, 0.1) is 12.6 Å². The van der Waals surface area contributed by atoms with Crippen LogP contribution in [0.15, 0.2) is 41.1 Å². The molecule has 0 atom stereocenters. The summed E-state index contributed by atoms with van der Waals surface area (Å²) in [6, 6.07) is 8.96. The van der Waals surface area contributed by atoms with Gasteiger partial charge in [-0.1, -0.05) is 35.5 Å². The number of aromatic nitrogens is 5. The molecule has 0 aliphatic heterocycles. The second-order valence-electron chi connectivity index (χ2n) is 3.83. The summed E-state index contributed by atoms with van der Waals surface area (Å²) in [4.78, 5) is 16.0. The number of hydrogen-bond acceptors (Lipinski definition) is 6. The molecule has 1 N–H and O–H groups in total. The molecular formula is C12H9N5O2. The Bertz CT molecular complexity index is 675. The standard InChI is InChI=1S/C12H9N5O2/c18-10(8-4-2-1-3-5-8)6-11-14-12(16-19-11)9-7-13-17-15-9/h1-5,7H,6H2,(H,13,15,17). The van der Waals surface area contributed by atoms with Crippen LogP contribution in [-0.2, 0) is 6.42 Å². The largest absolute Gasteiger partial charge is 0.338 e. The predicted octanol–water partition coefficient (Wildman–Crippen LogP) is 1.28. The molecule has 19 heavy (non-hydrogen) atoms. The first-order chi connectivity index (χ1) is 9.33. The number of ketones is 1. The summed E-state index contributed by atoms with van der Waals surface area (Å²) in [5, 5.41) is 13.7. The second kappa shape index (κ2) is 4.81. The smallest absolute Gasteiger partial charge is 0.234 e. The van der Waals surface area contributed by atoms with E-state index in [-0.39, 0.29) is 18.1 Å². The zero-order chi connectivity index (χ0) is 13.1. The first-order valence-electron chi connectivity index (χ1n) is 5.60. The minimum atomic E-state index is -0.0732. The molecule has 0 aliphatic carbocycles. The molecule has 0 fully saturated rings. The lowest BCUT2D eigenvalue weighted by molar-refractivity contribution is 0.0983. The Morgan fingerprint density at radius 1 is 1.26 bits per heavy atom. The lowest BCUT2D eigenvalue weighted by Gasteiger charge is -1.95. The van der Waals surface area contributed by atoms with E-state index in [2.05, 4.69) is 25.6 Å². The van der Waals surface area contributed by atoms with Crippen molar-refractivity contribution in [2.24, 2.45) is 0 Å². The first-order valence-corrected chi connectivity index (χ1v) is 5.60. The van der Waals surface area contributed by atoms with E-state index in [9.17, 15) is 4.79 Å². The van der Waals surface area contributed by atoms with Crippen molar-refractivity contribution in [2.75, 3.05) is 0 Å². The lowest BCUT2D eigenvalue weighted by atomic mass is 10.1. The Hall–Kier alpha value is -2.83. The number of carbonyl (C=O) groups is 1. The Labute approximate surface area is 107 Å². The minimum Gasteiger partial charge on any atom is -0.338 e. The molecule has 2 aromatic heterocycles. The van der Waals surface area contributed by atoms with Crippen molar-refractivity contribution in [1.82, 2.24) is 25.6 Å². The van der Waals surface area contributed by atoms with Gasteiger partial charge in [-0.05, 0) is 0 Å². The number of hydrogen-bond donors (Lipinski definition) is 1. The topological polar surface area (TPSA) is 97.6 Å². The summed E-state index contributed by atoms with van der Waals surface area (Å²) in [5.41, 5.74) is 1.09. The van der Waals surface area contributed by atoms with Crippen LogP contribution in [0.3, 0.4) is 0 Å². The Morgan fingerprint density at radius 2 is 2.11 bits per heavy atom. The van der Waals surface area contributed by atoms with Crippen LogP contribution in [0.25, 0.3) is 11.5 Å². The minimum absolute atomic E-state index is 0.0643. The van der Waals surface area contributed by atoms with Crippen LogP contribution in [0.1, 0.15) is 16.2 Å². The zero-order valence-electron chi connectivity index (χ0n) is 9.78. The van der Waals surface area contributed by atoms with E-state index < -0.39 is 0 Å². The predicted molar refractivity (Wildman–Crippen MR) is 64.2 cm³/mol. The van der Waals surface area contributed by atoms with Crippen LogP contribution in [-0.4, -0.2) is 31.3 Å². The molecule has 1 aromatic carbocycles. The number of rotatable bonds is 4. The highest BCUT2D eigenvalue weighted by molar-refractivity contribution is 5.96. The normalized spacial score (nSPS) is 10.5. The van der Waals surface area contributed by atoms with E-state index in [0.29, 0.717) is 17.1 Å². The van der Waals surface area contributed by atoms with Gasteiger partial charge in [-0.15, -0.1) is 0 Å². The number of H-pyrrole nitrogens is 1. The van der Waals surface area contributed by atoms with Gasteiger partial charge in [0.15, 0.2) is 11.5 Å². The monoisotopic (exact) mass is 255 g/mol. The average Bonchev–Trinajstić information content (AvgIpc) is 3.10. The molecule has 0 saturated carbocycles. The van der Waals surface area contributed by atoms with Crippen molar-refractivity contribution < 1.29 is 9.32 Å². The van der Waals surface area contributed by atoms with E-state index >= 15 is 0 Å². The third-order valence-electron chi connectivity index (χ3n) is 2.52. The highest BCUT2D eigenvalue weighted by Crippen LogP contribution is 2.12. The summed E-state index contributed by atoms with van der Waals surface area (Å²) in [7, 11) is 0. The number of carbonyl (C=O) groups excluding carboxylic acids is 1. The fraction of sp³-hybridized carbons (Fsp3) is 0.0833. The lowest BCUT2D eigenvalue weighted by Crippen LogP contribution is -2.03. The van der Waals surface area contributed by atoms with Crippen molar-refractivity contribution in [3.05, 3.63) is 48.0 Å². The van der Waals surface area contributed by atoms with Crippen LogP contribution in [0.4, 0.5) is 0 Å². The van der Waals surface area contributed by atoms with Gasteiger partial charge in [0.2, 0.25) is 11.7 Å². The van der Waals surface area contributed by atoms with E-state index in [4.69, 9.17) is 4.52 Å². The number of nitrogens with zero attached hydrogens (tertiary/aromatic N) is 4. The fourth-order valence-electron chi connectivity index (χ4n) is 1.60. The van der Waals surface area contributed by atoms with Crippen LogP contribution in [0.2, 0.25) is 0 Å². The summed E-state index contributed by atoms with van der Waals surface area (Å²) < 4.78 is 5.02. The van der Waals surface area contributed by atoms with Gasteiger partial charge in [-0.3, -0.25) is 4.79 Å². The molecule has 0 amide bonds. The average molecular weight is 255 g/mol. The molecular weight excluding hydrogens is 246 g/mol. The zero-order valence-corrected chi connectivity index (χ0v) is 9.78. The van der Waals surface area contributed by atoms with Gasteiger partial charge in [0, 0.05) is 5.56 Å². The maximum Gasteiger partial charge on any atom is 0.234 e. The van der Waals surface area contributed by atoms with E-state index in [1.807, 2.05) is 18.2 Å². The van der Waals surface area contributed by atoms with Gasteiger partial charge >= 0.3 is 0 Å². The van der Waals surface area contributed by atoms with Crippen molar-refractivity contribution in [3.63, 3.8) is 0 Å². The van der Waals surface area contributed by atoms with Gasteiger partial charge < -0.3 is 4.52 Å². The maximum absolute atomic E-state index is 11.9. The SMILES string of the molecule is O=C(Cc1nc(-c2cn[nH]n2)no1)c1ccccc1. The number of nitrogens with one attached hydrogen (secondary N) is 1. The number of benzene rings is 1. The van der Waals surface area contributed by atoms with Crippen LogP contribution in [0.5, 0.6) is 0 Å². The summed E-state index contributed by atoms with van der Waals surface area (Å²) in [6.45, 7) is 0. The van der Waals surface area contributed by atoms with Crippen molar-refractivity contribution in [2.45, 2.75) is 6.42 Å². The highest BCUT2D eigenvalue weighted by Gasteiger charge is 2.14. The van der Waals surface area contributed by atoms with Crippen molar-refractivity contribution >= 4 is 5.78 Å². The van der Waals surface area contributed by atoms with Gasteiger partial charge in [-0.2, -0.15) is 20.4 Å².